The number of nitrogens with two attached hydrogens (primary N) is 1. The first-order valence-electron chi connectivity index (χ1n) is 5.21. The predicted octanol–water partition coefficient (Wildman–Crippen LogP) is 1.91. The van der Waals surface area contributed by atoms with E-state index in [0.717, 1.165) is 12.1 Å². The van der Waals surface area contributed by atoms with Gasteiger partial charge in [-0.25, -0.2) is 13.6 Å². The summed E-state index contributed by atoms with van der Waals surface area (Å²) in [7, 11) is -3.89. The highest BCUT2D eigenvalue weighted by molar-refractivity contribution is 7.89. The van der Waals surface area contributed by atoms with Crippen LogP contribution < -0.4 is 9.88 Å². The van der Waals surface area contributed by atoms with Gasteiger partial charge in [-0.15, -0.1) is 0 Å². The lowest BCUT2D eigenvalue weighted by Gasteiger charge is -2.09. The molecule has 0 aliphatic heterocycles. The molecule has 2 rings (SSSR count). The Morgan fingerprint density at radius 3 is 2.40 bits per heavy atom. The first-order valence-corrected chi connectivity index (χ1v) is 7.51. The summed E-state index contributed by atoms with van der Waals surface area (Å²) >= 11 is 11.8. The van der Waals surface area contributed by atoms with E-state index in [4.69, 9.17) is 37.6 Å². The van der Waals surface area contributed by atoms with E-state index >= 15 is 0 Å². The first-order chi connectivity index (χ1) is 9.27. The van der Waals surface area contributed by atoms with Crippen LogP contribution in [-0.2, 0) is 16.6 Å². The topological polar surface area (TPSA) is 108 Å². The Kier molecular flexibility index (Phi) is 4.19. The van der Waals surface area contributed by atoms with E-state index in [0.29, 0.717) is 11.7 Å². The maximum Gasteiger partial charge on any atom is 0.238 e. The maximum absolute atomic E-state index is 11.2. The third kappa shape index (κ3) is 3.40. The minimum absolute atomic E-state index is 0.0155. The summed E-state index contributed by atoms with van der Waals surface area (Å²) in [4.78, 5) is 3.74. The molecule has 1 heterocycles. The van der Waals surface area contributed by atoms with Crippen molar-refractivity contribution in [1.29, 1.82) is 0 Å². The highest BCUT2D eigenvalue weighted by Gasteiger charge is 2.16. The van der Waals surface area contributed by atoms with Crippen molar-refractivity contribution in [2.24, 2.45) is 5.14 Å². The SMILES string of the molecule is Cc1nc(COc2c(Cl)cc(S(N)(=O)=O)cc2Cl)no1. The maximum atomic E-state index is 11.2. The second-order valence-electron chi connectivity index (χ2n) is 3.78. The van der Waals surface area contributed by atoms with E-state index in [-0.39, 0.29) is 27.3 Å². The molecule has 0 aliphatic carbocycles. The van der Waals surface area contributed by atoms with Crippen molar-refractivity contribution in [2.45, 2.75) is 18.4 Å². The predicted molar refractivity (Wildman–Crippen MR) is 71.2 cm³/mol. The first kappa shape index (κ1) is 15.0. The van der Waals surface area contributed by atoms with Gasteiger partial charge in [-0.3, -0.25) is 0 Å². The fourth-order valence-electron chi connectivity index (χ4n) is 1.38. The van der Waals surface area contributed by atoms with Crippen molar-refractivity contribution in [3.63, 3.8) is 0 Å². The van der Waals surface area contributed by atoms with Gasteiger partial charge in [0.1, 0.15) is 0 Å². The van der Waals surface area contributed by atoms with E-state index in [1.54, 1.807) is 6.92 Å². The van der Waals surface area contributed by atoms with Crippen molar-refractivity contribution in [1.82, 2.24) is 10.1 Å². The van der Waals surface area contributed by atoms with Crippen LogP contribution >= 0.6 is 23.2 Å². The number of hydrogen-bond acceptors (Lipinski definition) is 6. The van der Waals surface area contributed by atoms with Crippen LogP contribution in [-0.4, -0.2) is 18.6 Å². The van der Waals surface area contributed by atoms with Gasteiger partial charge in [-0.2, -0.15) is 4.98 Å². The fraction of sp³-hybridized carbons (Fsp3) is 0.200. The quantitative estimate of drug-likeness (QED) is 0.912. The minimum Gasteiger partial charge on any atom is -0.482 e. The average Bonchev–Trinajstić information content (AvgIpc) is 2.72. The van der Waals surface area contributed by atoms with E-state index in [9.17, 15) is 8.42 Å². The van der Waals surface area contributed by atoms with Crippen molar-refractivity contribution in [3.05, 3.63) is 33.9 Å². The van der Waals surface area contributed by atoms with Crippen molar-refractivity contribution in [3.8, 4) is 5.75 Å². The Hall–Kier alpha value is -1.35. The molecule has 0 saturated heterocycles. The van der Waals surface area contributed by atoms with Crippen molar-refractivity contribution in [2.75, 3.05) is 0 Å². The molecular formula is C10H9Cl2N3O4S. The zero-order valence-corrected chi connectivity index (χ0v) is 12.5. The Balaban J connectivity index is 2.25. The molecule has 0 atom stereocenters. The van der Waals surface area contributed by atoms with Gasteiger partial charge in [0, 0.05) is 6.92 Å². The molecule has 0 aliphatic rings. The van der Waals surface area contributed by atoms with Crippen LogP contribution in [0.4, 0.5) is 0 Å². The lowest BCUT2D eigenvalue weighted by molar-refractivity contribution is 0.286. The monoisotopic (exact) mass is 337 g/mol. The zero-order chi connectivity index (χ0) is 14.9. The van der Waals surface area contributed by atoms with Gasteiger partial charge in [-0.05, 0) is 12.1 Å². The summed E-state index contributed by atoms with van der Waals surface area (Å²) in [5, 5.41) is 8.66. The number of primary sulfonamides is 1. The van der Waals surface area contributed by atoms with Crippen LogP contribution in [0.25, 0.3) is 0 Å². The number of aryl methyl sites for hydroxylation is 1. The van der Waals surface area contributed by atoms with Gasteiger partial charge in [-0.1, -0.05) is 28.4 Å². The van der Waals surface area contributed by atoms with E-state index in [1.807, 2.05) is 0 Å². The lowest BCUT2D eigenvalue weighted by atomic mass is 10.3. The minimum atomic E-state index is -3.89. The molecule has 0 saturated carbocycles. The largest absolute Gasteiger partial charge is 0.482 e. The summed E-state index contributed by atoms with van der Waals surface area (Å²) in [6.07, 6.45) is 0. The third-order valence-electron chi connectivity index (χ3n) is 2.22. The van der Waals surface area contributed by atoms with Crippen LogP contribution in [0.3, 0.4) is 0 Å². The molecule has 2 aromatic rings. The number of hydrogen-bond donors (Lipinski definition) is 1. The molecule has 7 nitrogen and oxygen atoms in total. The molecule has 0 radical (unpaired) electrons. The van der Waals surface area contributed by atoms with Gasteiger partial charge >= 0.3 is 0 Å². The van der Waals surface area contributed by atoms with Crippen LogP contribution in [0.5, 0.6) is 5.75 Å². The lowest BCUT2D eigenvalue weighted by Crippen LogP contribution is -2.12. The molecule has 2 N–H and O–H groups in total. The summed E-state index contributed by atoms with van der Waals surface area (Å²) in [6.45, 7) is 1.61. The van der Waals surface area contributed by atoms with Gasteiger partial charge in [0.15, 0.2) is 12.4 Å². The number of nitrogens with zero attached hydrogens (tertiary/aromatic N) is 2. The normalized spacial score (nSPS) is 11.6. The van der Waals surface area contributed by atoms with Crippen LogP contribution in [0.1, 0.15) is 11.7 Å². The molecule has 108 valence electrons. The molecule has 0 amide bonds. The zero-order valence-electron chi connectivity index (χ0n) is 10.1. The molecule has 1 aromatic heterocycles. The number of aromatic nitrogens is 2. The van der Waals surface area contributed by atoms with Gasteiger partial charge in [0.2, 0.25) is 21.7 Å². The van der Waals surface area contributed by atoms with Gasteiger partial charge in [0.05, 0.1) is 14.9 Å². The second kappa shape index (κ2) is 5.57. The second-order valence-corrected chi connectivity index (χ2v) is 6.16. The Morgan fingerprint density at radius 2 is 1.95 bits per heavy atom. The summed E-state index contributed by atoms with van der Waals surface area (Å²) in [5.74, 6) is 0.818. The molecule has 20 heavy (non-hydrogen) atoms. The number of rotatable bonds is 4. The Morgan fingerprint density at radius 1 is 1.35 bits per heavy atom. The molecule has 0 spiro atoms. The van der Waals surface area contributed by atoms with E-state index in [2.05, 4.69) is 10.1 Å². The molecular weight excluding hydrogens is 329 g/mol. The van der Waals surface area contributed by atoms with Crippen LogP contribution in [0.2, 0.25) is 10.0 Å². The molecule has 0 fully saturated rings. The van der Waals surface area contributed by atoms with E-state index in [1.165, 1.54) is 0 Å². The summed E-state index contributed by atoms with van der Waals surface area (Å²) in [5.41, 5.74) is 0. The fourth-order valence-corrected chi connectivity index (χ4v) is 2.67. The molecule has 0 bridgehead atoms. The van der Waals surface area contributed by atoms with Gasteiger partial charge in [0.25, 0.3) is 0 Å². The molecule has 1 aromatic carbocycles. The number of halogens is 2. The summed E-state index contributed by atoms with van der Waals surface area (Å²) < 4.78 is 32.6. The molecule has 0 unspecified atom stereocenters. The standard InChI is InChI=1S/C10H9Cl2N3O4S/c1-5-14-9(15-19-5)4-18-10-7(11)2-6(3-8(10)12)20(13,16)17/h2-3H,4H2,1H3,(H2,13,16,17). The van der Waals surface area contributed by atoms with Crippen molar-refractivity contribution >= 4 is 33.2 Å². The summed E-state index contributed by atoms with van der Waals surface area (Å²) in [6, 6.07) is 2.30. The van der Waals surface area contributed by atoms with Gasteiger partial charge < -0.3 is 9.26 Å². The molecule has 10 heteroatoms. The average molecular weight is 338 g/mol. The van der Waals surface area contributed by atoms with Crippen LogP contribution in [0.15, 0.2) is 21.6 Å². The van der Waals surface area contributed by atoms with Crippen LogP contribution in [0, 0.1) is 6.92 Å². The Bertz CT molecular complexity index is 722. The van der Waals surface area contributed by atoms with E-state index < -0.39 is 10.0 Å². The highest BCUT2D eigenvalue weighted by Crippen LogP contribution is 2.35. The number of sulfonamides is 1. The Labute approximate surface area is 124 Å². The highest BCUT2D eigenvalue weighted by atomic mass is 35.5. The van der Waals surface area contributed by atoms with Crippen molar-refractivity contribution < 1.29 is 17.7 Å². The third-order valence-corrected chi connectivity index (χ3v) is 3.67. The number of benzene rings is 1. The smallest absolute Gasteiger partial charge is 0.238 e. The number of ether oxygens (including phenoxy) is 1.